The normalized spacial score (nSPS) is 9.94. The summed E-state index contributed by atoms with van der Waals surface area (Å²) in [5, 5.41) is 11.9. The van der Waals surface area contributed by atoms with E-state index in [0.29, 0.717) is 12.1 Å². The highest BCUT2D eigenvalue weighted by Crippen LogP contribution is 2.13. The van der Waals surface area contributed by atoms with E-state index < -0.39 is 0 Å². The minimum absolute atomic E-state index is 0. The summed E-state index contributed by atoms with van der Waals surface area (Å²) in [5.74, 6) is 0.203. The van der Waals surface area contributed by atoms with Gasteiger partial charge in [-0.05, 0) is 37.4 Å². The molecular formula is C13H21ClN2O2. The Morgan fingerprint density at radius 2 is 1.78 bits per heavy atom. The fourth-order valence-corrected chi connectivity index (χ4v) is 1.57. The van der Waals surface area contributed by atoms with Gasteiger partial charge in [0.1, 0.15) is 5.75 Å². The first-order valence-corrected chi connectivity index (χ1v) is 5.97. The summed E-state index contributed by atoms with van der Waals surface area (Å²) >= 11 is 0. The zero-order valence-corrected chi connectivity index (χ0v) is 11.7. The zero-order chi connectivity index (χ0) is 12.7. The molecule has 0 saturated heterocycles. The van der Waals surface area contributed by atoms with E-state index >= 15 is 0 Å². The molecule has 0 fully saturated rings. The minimum Gasteiger partial charge on any atom is -0.508 e. The Hall–Kier alpha value is -1.26. The molecule has 0 aliphatic rings. The molecule has 1 rings (SSSR count). The molecule has 0 bridgehead atoms. The molecule has 0 saturated carbocycles. The number of carbonyl (C=O) groups excluding carboxylic acids is 1. The fraction of sp³-hybridized carbons (Fsp3) is 0.462. The topological polar surface area (TPSA) is 52.6 Å². The molecule has 0 atom stereocenters. The summed E-state index contributed by atoms with van der Waals surface area (Å²) in [6.07, 6.45) is 0.489. The molecule has 2 N–H and O–H groups in total. The third-order valence-corrected chi connectivity index (χ3v) is 2.70. The highest BCUT2D eigenvalue weighted by molar-refractivity contribution is 5.90. The lowest BCUT2D eigenvalue weighted by Gasteiger charge is -2.17. The van der Waals surface area contributed by atoms with E-state index in [1.165, 1.54) is 0 Å². The van der Waals surface area contributed by atoms with Gasteiger partial charge in [-0.25, -0.2) is 0 Å². The summed E-state index contributed by atoms with van der Waals surface area (Å²) in [7, 11) is 0. The third-order valence-electron chi connectivity index (χ3n) is 2.70. The predicted octanol–water partition coefficient (Wildman–Crippen LogP) is 2.48. The molecule has 0 aliphatic heterocycles. The van der Waals surface area contributed by atoms with Crippen LogP contribution in [-0.2, 0) is 4.79 Å². The Balaban J connectivity index is 0.00000289. The minimum atomic E-state index is 0. The molecule has 4 nitrogen and oxygen atoms in total. The van der Waals surface area contributed by atoms with Gasteiger partial charge in [0.05, 0.1) is 0 Å². The number of hydrogen-bond donors (Lipinski definition) is 2. The van der Waals surface area contributed by atoms with Crippen molar-refractivity contribution in [2.24, 2.45) is 0 Å². The number of benzene rings is 1. The molecule has 1 aromatic carbocycles. The van der Waals surface area contributed by atoms with Crippen LogP contribution >= 0.6 is 12.4 Å². The van der Waals surface area contributed by atoms with Crippen LogP contribution in [0.1, 0.15) is 20.3 Å². The lowest BCUT2D eigenvalue weighted by Crippen LogP contribution is -2.27. The van der Waals surface area contributed by atoms with Gasteiger partial charge in [-0.2, -0.15) is 0 Å². The number of anilines is 1. The van der Waals surface area contributed by atoms with Crippen molar-refractivity contribution >= 4 is 24.0 Å². The van der Waals surface area contributed by atoms with Gasteiger partial charge in [-0.3, -0.25) is 4.79 Å². The first-order chi connectivity index (χ1) is 8.15. The van der Waals surface area contributed by atoms with Crippen LogP contribution in [0.15, 0.2) is 24.3 Å². The highest BCUT2D eigenvalue weighted by atomic mass is 35.5. The Morgan fingerprint density at radius 3 is 2.28 bits per heavy atom. The van der Waals surface area contributed by atoms with Gasteiger partial charge in [0.15, 0.2) is 0 Å². The quantitative estimate of drug-likeness (QED) is 0.783. The average Bonchev–Trinajstić information content (AvgIpc) is 2.33. The first-order valence-electron chi connectivity index (χ1n) is 5.97. The van der Waals surface area contributed by atoms with Crippen molar-refractivity contribution in [3.05, 3.63) is 24.3 Å². The monoisotopic (exact) mass is 272 g/mol. The smallest absolute Gasteiger partial charge is 0.225 e. The van der Waals surface area contributed by atoms with Gasteiger partial charge in [0.25, 0.3) is 0 Å². The van der Waals surface area contributed by atoms with Gasteiger partial charge in [-0.15, -0.1) is 12.4 Å². The Morgan fingerprint density at radius 1 is 1.22 bits per heavy atom. The van der Waals surface area contributed by atoms with Crippen molar-refractivity contribution in [2.75, 3.05) is 25.0 Å². The van der Waals surface area contributed by atoms with Crippen LogP contribution in [0.4, 0.5) is 5.69 Å². The molecule has 1 amide bonds. The van der Waals surface area contributed by atoms with Gasteiger partial charge < -0.3 is 15.3 Å². The van der Waals surface area contributed by atoms with Crippen LogP contribution < -0.4 is 5.32 Å². The lowest BCUT2D eigenvalue weighted by molar-refractivity contribution is -0.116. The van der Waals surface area contributed by atoms with Gasteiger partial charge in [-0.1, -0.05) is 13.8 Å². The van der Waals surface area contributed by atoms with Crippen molar-refractivity contribution in [3.63, 3.8) is 0 Å². The van der Waals surface area contributed by atoms with Gasteiger partial charge in [0.2, 0.25) is 5.91 Å². The summed E-state index contributed by atoms with van der Waals surface area (Å²) in [4.78, 5) is 13.8. The van der Waals surface area contributed by atoms with Crippen LogP contribution in [0.5, 0.6) is 5.75 Å². The third kappa shape index (κ3) is 5.89. The fourth-order valence-electron chi connectivity index (χ4n) is 1.57. The maximum absolute atomic E-state index is 11.6. The van der Waals surface area contributed by atoms with Crippen LogP contribution in [0.3, 0.4) is 0 Å². The van der Waals surface area contributed by atoms with E-state index in [9.17, 15) is 4.79 Å². The second-order valence-corrected chi connectivity index (χ2v) is 3.87. The molecule has 0 unspecified atom stereocenters. The maximum Gasteiger partial charge on any atom is 0.225 e. The van der Waals surface area contributed by atoms with E-state index in [0.717, 1.165) is 19.6 Å². The molecule has 0 radical (unpaired) electrons. The van der Waals surface area contributed by atoms with E-state index in [4.69, 9.17) is 5.11 Å². The number of phenolic OH excluding ortho intramolecular Hbond substituents is 1. The zero-order valence-electron chi connectivity index (χ0n) is 10.8. The van der Waals surface area contributed by atoms with Crippen molar-refractivity contribution in [2.45, 2.75) is 20.3 Å². The second-order valence-electron chi connectivity index (χ2n) is 3.87. The number of nitrogens with one attached hydrogen (secondary N) is 1. The molecule has 0 spiro atoms. The average molecular weight is 273 g/mol. The summed E-state index contributed by atoms with van der Waals surface area (Å²) in [6, 6.07) is 6.48. The van der Waals surface area contributed by atoms with Crippen LogP contribution in [-0.4, -0.2) is 35.5 Å². The van der Waals surface area contributed by atoms with E-state index in [-0.39, 0.29) is 24.1 Å². The molecular weight excluding hydrogens is 252 g/mol. The van der Waals surface area contributed by atoms with Gasteiger partial charge >= 0.3 is 0 Å². The number of nitrogens with zero attached hydrogens (tertiary/aromatic N) is 1. The van der Waals surface area contributed by atoms with Crippen molar-refractivity contribution in [1.82, 2.24) is 4.90 Å². The molecule has 0 aromatic heterocycles. The molecule has 0 aliphatic carbocycles. The summed E-state index contributed by atoms with van der Waals surface area (Å²) < 4.78 is 0. The molecule has 102 valence electrons. The van der Waals surface area contributed by atoms with Crippen LogP contribution in [0, 0.1) is 0 Å². The highest BCUT2D eigenvalue weighted by Gasteiger charge is 2.05. The number of aromatic hydroxyl groups is 1. The molecule has 1 aromatic rings. The number of halogens is 1. The number of amides is 1. The van der Waals surface area contributed by atoms with Crippen LogP contribution in [0.25, 0.3) is 0 Å². The Bertz CT molecular complexity index is 351. The van der Waals surface area contributed by atoms with Crippen molar-refractivity contribution in [3.8, 4) is 5.75 Å². The summed E-state index contributed by atoms with van der Waals surface area (Å²) in [5.41, 5.74) is 0.715. The largest absolute Gasteiger partial charge is 0.508 e. The molecule has 18 heavy (non-hydrogen) atoms. The second kappa shape index (κ2) is 8.78. The number of carbonyl (C=O) groups is 1. The van der Waals surface area contributed by atoms with E-state index in [2.05, 4.69) is 24.1 Å². The number of phenols is 1. The SMILES string of the molecule is CCN(CC)CCC(=O)Nc1ccc(O)cc1.Cl. The Kier molecular flexibility index (Phi) is 8.16. The van der Waals surface area contributed by atoms with Crippen molar-refractivity contribution in [1.29, 1.82) is 0 Å². The maximum atomic E-state index is 11.6. The Labute approximate surface area is 114 Å². The van der Waals surface area contributed by atoms with E-state index in [1.807, 2.05) is 0 Å². The summed E-state index contributed by atoms with van der Waals surface area (Å²) in [6.45, 7) is 6.87. The number of rotatable bonds is 6. The predicted molar refractivity (Wildman–Crippen MR) is 76.4 cm³/mol. The standard InChI is InChI=1S/C13H20N2O2.ClH/c1-3-15(4-2)10-9-13(17)14-11-5-7-12(16)8-6-11;/h5-8,16H,3-4,9-10H2,1-2H3,(H,14,17);1H. The number of hydrogen-bond acceptors (Lipinski definition) is 3. The first kappa shape index (κ1) is 16.7. The lowest BCUT2D eigenvalue weighted by atomic mass is 10.3. The molecule has 0 heterocycles. The van der Waals surface area contributed by atoms with Gasteiger partial charge in [0, 0.05) is 18.7 Å². The molecule has 5 heteroatoms. The van der Waals surface area contributed by atoms with Crippen molar-refractivity contribution < 1.29 is 9.90 Å². The van der Waals surface area contributed by atoms with E-state index in [1.54, 1.807) is 24.3 Å². The van der Waals surface area contributed by atoms with Crippen LogP contribution in [0.2, 0.25) is 0 Å².